The average Bonchev–Trinajstić information content (AvgIpc) is 2.95. The molecule has 3 aromatic rings. The number of amides is 2. The highest BCUT2D eigenvalue weighted by Crippen LogP contribution is 2.42. The zero-order valence-corrected chi connectivity index (χ0v) is 17.7. The van der Waals surface area contributed by atoms with Gasteiger partial charge in [-0.1, -0.05) is 83.0 Å². The molecule has 0 unspecified atom stereocenters. The molecule has 0 saturated heterocycles. The number of hydrogen-bond acceptors (Lipinski definition) is 3. The summed E-state index contributed by atoms with van der Waals surface area (Å²) in [5, 5.41) is 0.644. The predicted octanol–water partition coefficient (Wildman–Crippen LogP) is 6.38. The van der Waals surface area contributed by atoms with Crippen molar-refractivity contribution >= 4 is 58.0 Å². The van der Waals surface area contributed by atoms with Crippen LogP contribution >= 0.6 is 35.0 Å². The largest absolute Gasteiger partial charge is 0.272 e. The van der Waals surface area contributed by atoms with Gasteiger partial charge in [0.05, 0.1) is 26.2 Å². The number of nitrogens with zero attached hydrogens (tertiary/aromatic N) is 1. The Morgan fingerprint density at radius 1 is 0.793 bits per heavy atom. The topological polar surface area (TPSA) is 37.4 Å². The van der Waals surface area contributed by atoms with Crippen LogP contribution < -0.4 is 4.90 Å². The van der Waals surface area contributed by atoms with E-state index in [1.807, 2.05) is 61.5 Å². The third-order valence-electron chi connectivity index (χ3n) is 4.51. The van der Waals surface area contributed by atoms with Crippen molar-refractivity contribution in [2.75, 3.05) is 4.90 Å². The quantitative estimate of drug-likeness (QED) is 0.442. The number of carbonyl (C=O) groups is 2. The van der Waals surface area contributed by atoms with Gasteiger partial charge in [0.2, 0.25) is 0 Å². The van der Waals surface area contributed by atoms with Crippen LogP contribution in [-0.4, -0.2) is 11.8 Å². The Hall–Kier alpha value is -2.53. The molecular weight excluding hydrogens is 425 g/mol. The number of thioether (sulfide) groups is 1. The third kappa shape index (κ3) is 3.84. The smallest absolute Gasteiger partial charge is 0.268 e. The van der Waals surface area contributed by atoms with Gasteiger partial charge in [-0.05, 0) is 42.8 Å². The second-order valence-electron chi connectivity index (χ2n) is 6.53. The normalized spacial score (nSPS) is 14.1. The van der Waals surface area contributed by atoms with Gasteiger partial charge in [0.1, 0.15) is 0 Å². The van der Waals surface area contributed by atoms with Crippen LogP contribution in [0.4, 0.5) is 5.69 Å². The summed E-state index contributed by atoms with van der Waals surface area (Å²) in [5.41, 5.74) is 2.55. The first-order chi connectivity index (χ1) is 14.0. The first kappa shape index (κ1) is 19.8. The third-order valence-corrected chi connectivity index (χ3v) is 6.34. The van der Waals surface area contributed by atoms with Crippen LogP contribution in [0.2, 0.25) is 10.0 Å². The Bertz CT molecular complexity index is 1140. The summed E-state index contributed by atoms with van der Waals surface area (Å²) in [7, 11) is 0. The first-order valence-corrected chi connectivity index (χ1v) is 10.4. The fourth-order valence-electron chi connectivity index (χ4n) is 3.04. The SMILES string of the molecule is Cc1ccc(C2=C(Sc3ccccc3)C(=O)N(c3ccc(Cl)c(Cl)c3)C2=O)cc1. The molecule has 3 aromatic carbocycles. The molecule has 6 heteroatoms. The van der Waals surface area contributed by atoms with Crippen LogP contribution in [0.15, 0.2) is 82.6 Å². The fourth-order valence-corrected chi connectivity index (χ4v) is 4.35. The molecule has 29 heavy (non-hydrogen) atoms. The van der Waals surface area contributed by atoms with E-state index in [0.29, 0.717) is 26.8 Å². The van der Waals surface area contributed by atoms with Crippen LogP contribution in [0.5, 0.6) is 0 Å². The summed E-state index contributed by atoms with van der Waals surface area (Å²) in [6, 6.07) is 21.8. The summed E-state index contributed by atoms with van der Waals surface area (Å²) in [6.45, 7) is 1.97. The van der Waals surface area contributed by atoms with Gasteiger partial charge in [0.15, 0.2) is 0 Å². The molecule has 1 aliphatic rings. The van der Waals surface area contributed by atoms with E-state index in [9.17, 15) is 9.59 Å². The summed E-state index contributed by atoms with van der Waals surface area (Å²) in [4.78, 5) is 29.1. The lowest BCUT2D eigenvalue weighted by Crippen LogP contribution is -2.31. The lowest BCUT2D eigenvalue weighted by Gasteiger charge is -2.16. The predicted molar refractivity (Wildman–Crippen MR) is 119 cm³/mol. The van der Waals surface area contributed by atoms with Crippen molar-refractivity contribution < 1.29 is 9.59 Å². The molecule has 4 rings (SSSR count). The van der Waals surface area contributed by atoms with Gasteiger partial charge < -0.3 is 0 Å². The van der Waals surface area contributed by atoms with Crippen molar-refractivity contribution in [1.82, 2.24) is 0 Å². The van der Waals surface area contributed by atoms with Crippen LogP contribution in [0.3, 0.4) is 0 Å². The second-order valence-corrected chi connectivity index (χ2v) is 8.43. The Morgan fingerprint density at radius 3 is 2.14 bits per heavy atom. The standard InChI is InChI=1S/C23H15Cl2NO2S/c1-14-7-9-15(10-8-14)20-21(29-17-5-3-2-4-6-17)23(28)26(22(20)27)16-11-12-18(24)19(25)13-16/h2-13H,1H3. The molecule has 0 aromatic heterocycles. The first-order valence-electron chi connectivity index (χ1n) is 8.84. The van der Waals surface area contributed by atoms with E-state index in [-0.39, 0.29) is 16.8 Å². The molecule has 0 spiro atoms. The summed E-state index contributed by atoms with van der Waals surface area (Å²) in [5.74, 6) is -0.756. The summed E-state index contributed by atoms with van der Waals surface area (Å²) >= 11 is 13.4. The van der Waals surface area contributed by atoms with Gasteiger partial charge in [-0.3, -0.25) is 9.59 Å². The number of benzene rings is 3. The molecule has 0 fully saturated rings. The van der Waals surface area contributed by atoms with Gasteiger partial charge in [-0.2, -0.15) is 0 Å². The van der Waals surface area contributed by atoms with Crippen LogP contribution in [-0.2, 0) is 9.59 Å². The highest BCUT2D eigenvalue weighted by Gasteiger charge is 2.40. The summed E-state index contributed by atoms with van der Waals surface area (Å²) in [6.07, 6.45) is 0. The van der Waals surface area contributed by atoms with Gasteiger partial charge >= 0.3 is 0 Å². The molecule has 2 amide bonds. The van der Waals surface area contributed by atoms with E-state index in [4.69, 9.17) is 23.2 Å². The van der Waals surface area contributed by atoms with E-state index in [1.54, 1.807) is 12.1 Å². The number of halogens is 2. The van der Waals surface area contributed by atoms with Crippen LogP contribution in [0.25, 0.3) is 5.57 Å². The number of rotatable bonds is 4. The molecule has 0 atom stereocenters. The van der Waals surface area contributed by atoms with E-state index in [0.717, 1.165) is 15.4 Å². The van der Waals surface area contributed by atoms with Gasteiger partial charge in [-0.25, -0.2) is 4.90 Å². The lowest BCUT2D eigenvalue weighted by molar-refractivity contribution is -0.119. The molecule has 3 nitrogen and oxygen atoms in total. The van der Waals surface area contributed by atoms with Gasteiger partial charge in [0, 0.05) is 4.90 Å². The van der Waals surface area contributed by atoms with E-state index in [2.05, 4.69) is 0 Å². The molecule has 144 valence electrons. The molecule has 0 saturated carbocycles. The van der Waals surface area contributed by atoms with Crippen molar-refractivity contribution in [2.24, 2.45) is 0 Å². The Balaban J connectivity index is 1.83. The number of anilines is 1. The zero-order chi connectivity index (χ0) is 20.5. The van der Waals surface area contributed by atoms with Crippen molar-refractivity contribution in [2.45, 2.75) is 11.8 Å². The van der Waals surface area contributed by atoms with Gasteiger partial charge in [-0.15, -0.1) is 0 Å². The van der Waals surface area contributed by atoms with Crippen molar-refractivity contribution in [3.8, 4) is 0 Å². The molecule has 0 N–H and O–H groups in total. The maximum Gasteiger partial charge on any atom is 0.272 e. The van der Waals surface area contributed by atoms with Crippen molar-refractivity contribution in [3.63, 3.8) is 0 Å². The highest BCUT2D eigenvalue weighted by molar-refractivity contribution is 8.04. The number of carbonyl (C=O) groups excluding carboxylic acids is 2. The van der Waals surface area contributed by atoms with Crippen molar-refractivity contribution in [1.29, 1.82) is 0 Å². The molecule has 0 bridgehead atoms. The van der Waals surface area contributed by atoms with E-state index < -0.39 is 0 Å². The zero-order valence-electron chi connectivity index (χ0n) is 15.4. The lowest BCUT2D eigenvalue weighted by atomic mass is 10.0. The van der Waals surface area contributed by atoms with Crippen LogP contribution in [0, 0.1) is 6.92 Å². The van der Waals surface area contributed by atoms with E-state index >= 15 is 0 Å². The highest BCUT2D eigenvalue weighted by atomic mass is 35.5. The van der Waals surface area contributed by atoms with E-state index in [1.165, 1.54) is 17.8 Å². The number of aryl methyl sites for hydroxylation is 1. The molecule has 0 aliphatic carbocycles. The Morgan fingerprint density at radius 2 is 1.48 bits per heavy atom. The van der Waals surface area contributed by atoms with Crippen molar-refractivity contribution in [3.05, 3.63) is 98.9 Å². The fraction of sp³-hybridized carbons (Fsp3) is 0.0435. The number of imide groups is 1. The minimum atomic E-state index is -0.379. The molecule has 0 radical (unpaired) electrons. The maximum atomic E-state index is 13.4. The van der Waals surface area contributed by atoms with Crippen LogP contribution in [0.1, 0.15) is 11.1 Å². The minimum absolute atomic E-state index is 0.283. The maximum absolute atomic E-state index is 13.4. The molecule has 1 heterocycles. The summed E-state index contributed by atoms with van der Waals surface area (Å²) < 4.78 is 0. The van der Waals surface area contributed by atoms with Gasteiger partial charge in [0.25, 0.3) is 11.8 Å². The second kappa shape index (κ2) is 8.07. The number of hydrogen-bond donors (Lipinski definition) is 0. The molecule has 1 aliphatic heterocycles. The monoisotopic (exact) mass is 439 g/mol. The molecular formula is C23H15Cl2NO2S. The average molecular weight is 440 g/mol. The Labute approximate surface area is 182 Å². The Kier molecular flexibility index (Phi) is 5.50. The minimum Gasteiger partial charge on any atom is -0.268 e.